The molecule has 2 N–H and O–H groups in total. The van der Waals surface area contributed by atoms with Crippen LogP contribution in [0, 0.1) is 12.1 Å². The van der Waals surface area contributed by atoms with E-state index >= 15 is 0 Å². The maximum absolute atomic E-state index is 12.1. The summed E-state index contributed by atoms with van der Waals surface area (Å²) < 4.78 is 5.47. The zero-order chi connectivity index (χ0) is 17.5. The van der Waals surface area contributed by atoms with Crippen LogP contribution in [0.15, 0.2) is 42.5 Å². The van der Waals surface area contributed by atoms with Gasteiger partial charge in [0.05, 0.1) is 6.10 Å². The van der Waals surface area contributed by atoms with Crippen LogP contribution in [0.4, 0.5) is 0 Å². The van der Waals surface area contributed by atoms with E-state index in [9.17, 15) is 14.7 Å². The molecule has 0 aliphatic rings. The molecular weight excluding hydrogens is 306 g/mol. The third-order valence-corrected chi connectivity index (χ3v) is 3.21. The summed E-state index contributed by atoms with van der Waals surface area (Å²) in [6.07, 6.45) is 0.143. The smallest absolute Gasteiger partial charge is 0.326 e. The number of amides is 1. The molecule has 124 valence electrons. The second kappa shape index (κ2) is 8.02. The van der Waals surface area contributed by atoms with Gasteiger partial charge in [0, 0.05) is 17.5 Å². The number of rotatable bonds is 7. The van der Waals surface area contributed by atoms with Crippen LogP contribution in [0.1, 0.15) is 29.8 Å². The number of ether oxygens (including phenoxy) is 1. The largest absolute Gasteiger partial charge is 0.483 e. The molecule has 5 heteroatoms. The molecule has 0 aliphatic carbocycles. The van der Waals surface area contributed by atoms with Crippen molar-refractivity contribution in [3.63, 3.8) is 0 Å². The average Bonchev–Trinajstić information content (AvgIpc) is 2.56. The fourth-order valence-corrected chi connectivity index (χ4v) is 2.09. The Morgan fingerprint density at radius 2 is 1.83 bits per heavy atom. The highest BCUT2D eigenvalue weighted by atomic mass is 16.5. The lowest BCUT2D eigenvalue weighted by Gasteiger charge is -2.14. The Morgan fingerprint density at radius 1 is 1.12 bits per heavy atom. The number of hydrogen-bond acceptors (Lipinski definition) is 3. The molecule has 0 radical (unpaired) electrons. The SMILES string of the molecule is CC(C)Oc1c#cc(CC(NC(=O)c2ccccc2)C(=O)O)cc1. The fourth-order valence-electron chi connectivity index (χ4n) is 2.09. The Balaban J connectivity index is 2.03. The zero-order valence-electron chi connectivity index (χ0n) is 13.6. The van der Waals surface area contributed by atoms with Crippen LogP contribution < -0.4 is 10.1 Å². The molecule has 2 aromatic rings. The fraction of sp³-hybridized carbons (Fsp3) is 0.263. The first kappa shape index (κ1) is 17.4. The normalized spacial score (nSPS) is 11.5. The molecule has 0 heterocycles. The standard InChI is InChI=1S/C19H19NO4/c1-13(2)24-16-10-8-14(9-11-16)12-17(19(22)23)20-18(21)15-6-4-3-5-7-15/h3-8,10,13,17H,12H2,1-2H3,(H,20,21)(H,22,23). The maximum Gasteiger partial charge on any atom is 0.326 e. The van der Waals surface area contributed by atoms with Crippen molar-refractivity contribution in [2.75, 3.05) is 0 Å². The first-order valence-corrected chi connectivity index (χ1v) is 7.64. The van der Waals surface area contributed by atoms with E-state index in [0.717, 1.165) is 0 Å². The minimum absolute atomic E-state index is 0.0254. The summed E-state index contributed by atoms with van der Waals surface area (Å²) in [5.41, 5.74) is 1.05. The van der Waals surface area contributed by atoms with Crippen molar-refractivity contribution in [2.45, 2.75) is 32.4 Å². The van der Waals surface area contributed by atoms with E-state index in [0.29, 0.717) is 16.9 Å². The number of carbonyl (C=O) groups is 2. The van der Waals surface area contributed by atoms with Crippen molar-refractivity contribution < 1.29 is 19.4 Å². The lowest BCUT2D eigenvalue weighted by atomic mass is 10.1. The van der Waals surface area contributed by atoms with Crippen LogP contribution in [0.2, 0.25) is 0 Å². The third kappa shape index (κ3) is 5.03. The summed E-state index contributed by atoms with van der Waals surface area (Å²) in [4.78, 5) is 23.5. The van der Waals surface area contributed by atoms with E-state index in [1.54, 1.807) is 42.5 Å². The van der Waals surface area contributed by atoms with Crippen molar-refractivity contribution in [1.29, 1.82) is 0 Å². The summed E-state index contributed by atoms with van der Waals surface area (Å²) in [7, 11) is 0. The van der Waals surface area contributed by atoms with Crippen LogP contribution in [-0.4, -0.2) is 29.1 Å². The molecule has 0 saturated carbocycles. The molecule has 0 saturated heterocycles. The number of benzene rings is 1. The van der Waals surface area contributed by atoms with Gasteiger partial charge in [-0.3, -0.25) is 4.79 Å². The lowest BCUT2D eigenvalue weighted by Crippen LogP contribution is -2.42. The second-order valence-corrected chi connectivity index (χ2v) is 5.57. The van der Waals surface area contributed by atoms with Gasteiger partial charge in [-0.1, -0.05) is 24.3 Å². The predicted octanol–water partition coefficient (Wildman–Crippen LogP) is 2.50. The molecule has 0 spiro atoms. The van der Waals surface area contributed by atoms with Gasteiger partial charge in [-0.2, -0.15) is 0 Å². The first-order chi connectivity index (χ1) is 11.5. The molecule has 5 nitrogen and oxygen atoms in total. The second-order valence-electron chi connectivity index (χ2n) is 5.57. The van der Waals surface area contributed by atoms with Crippen molar-refractivity contribution in [3.8, 4) is 5.75 Å². The molecule has 0 aliphatic heterocycles. The summed E-state index contributed by atoms with van der Waals surface area (Å²) in [5, 5.41) is 11.9. The third-order valence-electron chi connectivity index (χ3n) is 3.21. The van der Waals surface area contributed by atoms with E-state index in [1.807, 2.05) is 13.8 Å². The molecule has 1 atom stereocenters. The Kier molecular flexibility index (Phi) is 5.80. The molecule has 1 amide bonds. The van der Waals surface area contributed by atoms with Gasteiger partial charge in [-0.15, -0.1) is 0 Å². The van der Waals surface area contributed by atoms with Gasteiger partial charge in [0.25, 0.3) is 5.91 Å². The van der Waals surface area contributed by atoms with E-state index in [4.69, 9.17) is 4.74 Å². The molecule has 0 fully saturated rings. The van der Waals surface area contributed by atoms with Crippen LogP contribution >= 0.6 is 0 Å². The number of hydrogen-bond donors (Lipinski definition) is 2. The predicted molar refractivity (Wildman–Crippen MR) is 88.9 cm³/mol. The van der Waals surface area contributed by atoms with Gasteiger partial charge in [-0.05, 0) is 44.2 Å². The summed E-state index contributed by atoms with van der Waals surface area (Å²) in [6, 6.07) is 16.6. The Morgan fingerprint density at radius 3 is 2.38 bits per heavy atom. The van der Waals surface area contributed by atoms with Gasteiger partial charge in [0.1, 0.15) is 6.04 Å². The molecule has 24 heavy (non-hydrogen) atoms. The van der Waals surface area contributed by atoms with E-state index in [1.165, 1.54) is 0 Å². The van der Waals surface area contributed by atoms with E-state index in [-0.39, 0.29) is 12.5 Å². The molecule has 2 rings (SSSR count). The van der Waals surface area contributed by atoms with Crippen LogP contribution in [0.5, 0.6) is 5.75 Å². The highest BCUT2D eigenvalue weighted by Gasteiger charge is 2.21. The van der Waals surface area contributed by atoms with Gasteiger partial charge in [-0.25, -0.2) is 4.79 Å². The van der Waals surface area contributed by atoms with Crippen molar-refractivity contribution in [1.82, 2.24) is 5.32 Å². The van der Waals surface area contributed by atoms with Gasteiger partial charge in [0.2, 0.25) is 0 Å². The monoisotopic (exact) mass is 325 g/mol. The maximum atomic E-state index is 12.1. The minimum atomic E-state index is -1.10. The molecule has 0 aromatic heterocycles. The van der Waals surface area contributed by atoms with Crippen LogP contribution in [-0.2, 0) is 11.2 Å². The van der Waals surface area contributed by atoms with Crippen LogP contribution in [0.25, 0.3) is 0 Å². The number of aliphatic carboxylic acids is 1. The topological polar surface area (TPSA) is 75.6 Å². The highest BCUT2D eigenvalue weighted by Crippen LogP contribution is 2.11. The molecule has 2 aromatic carbocycles. The summed E-state index contributed by atoms with van der Waals surface area (Å²) in [6.45, 7) is 3.81. The van der Waals surface area contributed by atoms with Gasteiger partial charge >= 0.3 is 5.97 Å². The number of carboxylic acid groups (broad SMARTS) is 1. The number of carbonyl (C=O) groups excluding carboxylic acids is 1. The van der Waals surface area contributed by atoms with Crippen LogP contribution in [0.3, 0.4) is 0 Å². The molecule has 1 unspecified atom stereocenters. The van der Waals surface area contributed by atoms with Gasteiger partial charge in [0.15, 0.2) is 5.75 Å². The van der Waals surface area contributed by atoms with Gasteiger partial charge < -0.3 is 15.2 Å². The van der Waals surface area contributed by atoms with Crippen molar-refractivity contribution in [2.24, 2.45) is 0 Å². The van der Waals surface area contributed by atoms with E-state index < -0.39 is 17.9 Å². The highest BCUT2D eigenvalue weighted by molar-refractivity contribution is 5.96. The Bertz CT molecular complexity index is 680. The van der Waals surface area contributed by atoms with Crippen molar-refractivity contribution >= 4 is 11.9 Å². The first-order valence-electron chi connectivity index (χ1n) is 7.64. The van der Waals surface area contributed by atoms with E-state index in [2.05, 4.69) is 17.4 Å². The number of nitrogens with one attached hydrogen (secondary N) is 1. The zero-order valence-corrected chi connectivity index (χ0v) is 13.6. The summed E-state index contributed by atoms with van der Waals surface area (Å²) in [5.74, 6) is -0.976. The molecule has 0 bridgehead atoms. The minimum Gasteiger partial charge on any atom is -0.483 e. The lowest BCUT2D eigenvalue weighted by molar-refractivity contribution is -0.139. The summed E-state index contributed by atoms with van der Waals surface area (Å²) >= 11 is 0. The van der Waals surface area contributed by atoms with Crippen molar-refractivity contribution in [3.05, 3.63) is 65.7 Å². The molecular formula is C19H19NO4. The number of carboxylic acids is 1. The average molecular weight is 325 g/mol. The quantitative estimate of drug-likeness (QED) is 0.820. The Hall–Kier alpha value is -3.00. The Labute approximate surface area is 141 Å².